The molecule has 10 heteroatoms. The number of benzene rings is 2. The normalized spacial score (nSPS) is 15.4. The standard InChI is InChI=1S/C20H15FN4O4S/c21-13-3-1-2-11(8-13)10-30-20-23-18-17(19(27)24-20)15(9-16(26)22-18)12-4-6-14(7-5-12)25(28)29/h1-8,15H,9-10H2,(H2,22,23,24,26,27). The van der Waals surface area contributed by atoms with Crippen LogP contribution < -0.4 is 10.9 Å². The Bertz CT molecular complexity index is 1200. The van der Waals surface area contributed by atoms with Crippen LogP contribution in [0.25, 0.3) is 0 Å². The number of carbonyl (C=O) groups is 1. The number of nitrogens with one attached hydrogen (secondary N) is 2. The van der Waals surface area contributed by atoms with Crippen molar-refractivity contribution >= 4 is 29.2 Å². The Labute approximate surface area is 173 Å². The molecule has 3 aromatic rings. The topological polar surface area (TPSA) is 118 Å². The van der Waals surface area contributed by atoms with Gasteiger partial charge in [-0.2, -0.15) is 0 Å². The van der Waals surface area contributed by atoms with Crippen molar-refractivity contribution in [1.29, 1.82) is 0 Å². The van der Waals surface area contributed by atoms with E-state index in [2.05, 4.69) is 15.3 Å². The van der Waals surface area contributed by atoms with Gasteiger partial charge in [-0.25, -0.2) is 9.37 Å². The summed E-state index contributed by atoms with van der Waals surface area (Å²) in [4.78, 5) is 42.4. The summed E-state index contributed by atoms with van der Waals surface area (Å²) in [7, 11) is 0. The highest BCUT2D eigenvalue weighted by Crippen LogP contribution is 2.35. The number of thioether (sulfide) groups is 1. The van der Waals surface area contributed by atoms with E-state index >= 15 is 0 Å². The van der Waals surface area contributed by atoms with Crippen LogP contribution >= 0.6 is 11.8 Å². The zero-order valence-electron chi connectivity index (χ0n) is 15.4. The molecule has 1 aliphatic rings. The number of carbonyl (C=O) groups excluding carboxylic acids is 1. The van der Waals surface area contributed by atoms with Gasteiger partial charge in [0.05, 0.1) is 10.5 Å². The number of H-pyrrole nitrogens is 1. The Morgan fingerprint density at radius 1 is 1.20 bits per heavy atom. The van der Waals surface area contributed by atoms with Crippen molar-refractivity contribution in [3.63, 3.8) is 0 Å². The lowest BCUT2D eigenvalue weighted by atomic mass is 9.87. The minimum absolute atomic E-state index is 0.0331. The van der Waals surface area contributed by atoms with Gasteiger partial charge in [0.15, 0.2) is 5.16 Å². The smallest absolute Gasteiger partial charge is 0.269 e. The van der Waals surface area contributed by atoms with Crippen LogP contribution in [0, 0.1) is 15.9 Å². The maximum absolute atomic E-state index is 13.3. The van der Waals surface area contributed by atoms with Crippen LogP contribution in [0.3, 0.4) is 0 Å². The Hall–Kier alpha value is -3.53. The Kier molecular flexibility index (Phi) is 5.32. The minimum atomic E-state index is -0.562. The zero-order chi connectivity index (χ0) is 21.3. The molecular formula is C20H15FN4O4S. The number of hydrogen-bond acceptors (Lipinski definition) is 6. The molecule has 0 saturated heterocycles. The van der Waals surface area contributed by atoms with Crippen molar-refractivity contribution in [2.75, 3.05) is 5.32 Å². The van der Waals surface area contributed by atoms with Gasteiger partial charge in [0.1, 0.15) is 11.6 Å². The van der Waals surface area contributed by atoms with Crippen LogP contribution in [0.1, 0.15) is 29.0 Å². The van der Waals surface area contributed by atoms with E-state index in [0.29, 0.717) is 22.0 Å². The third-order valence-corrected chi connectivity index (χ3v) is 5.64. The summed E-state index contributed by atoms with van der Waals surface area (Å²) in [6.45, 7) is 0. The zero-order valence-corrected chi connectivity index (χ0v) is 16.2. The molecule has 1 atom stereocenters. The molecule has 2 N–H and O–H groups in total. The largest absolute Gasteiger partial charge is 0.310 e. The maximum Gasteiger partial charge on any atom is 0.269 e. The predicted octanol–water partition coefficient (Wildman–Crippen LogP) is 3.58. The van der Waals surface area contributed by atoms with Gasteiger partial charge in [-0.1, -0.05) is 36.0 Å². The number of aromatic amines is 1. The van der Waals surface area contributed by atoms with Gasteiger partial charge in [-0.15, -0.1) is 0 Å². The van der Waals surface area contributed by atoms with Crippen LogP contribution in [0.4, 0.5) is 15.9 Å². The molecular weight excluding hydrogens is 411 g/mol. The summed E-state index contributed by atoms with van der Waals surface area (Å²) in [5.41, 5.74) is 1.18. The van der Waals surface area contributed by atoms with E-state index in [9.17, 15) is 24.1 Å². The van der Waals surface area contributed by atoms with E-state index < -0.39 is 16.4 Å². The molecule has 30 heavy (non-hydrogen) atoms. The Morgan fingerprint density at radius 2 is 1.97 bits per heavy atom. The van der Waals surface area contributed by atoms with Crippen molar-refractivity contribution in [3.05, 3.63) is 91.5 Å². The van der Waals surface area contributed by atoms with E-state index in [1.807, 2.05) is 0 Å². The molecule has 2 heterocycles. The average molecular weight is 426 g/mol. The van der Waals surface area contributed by atoms with Gasteiger partial charge in [0, 0.05) is 30.2 Å². The first kappa shape index (κ1) is 19.8. The molecule has 0 aliphatic carbocycles. The number of nitrogens with zero attached hydrogens (tertiary/aromatic N) is 2. The predicted molar refractivity (Wildman–Crippen MR) is 109 cm³/mol. The molecule has 0 radical (unpaired) electrons. The highest BCUT2D eigenvalue weighted by atomic mass is 32.2. The number of rotatable bonds is 5. The van der Waals surface area contributed by atoms with Crippen molar-refractivity contribution in [1.82, 2.24) is 9.97 Å². The number of non-ortho nitro benzene ring substituents is 1. The van der Waals surface area contributed by atoms with Crippen LogP contribution in [-0.4, -0.2) is 20.8 Å². The van der Waals surface area contributed by atoms with E-state index in [4.69, 9.17) is 0 Å². The fourth-order valence-corrected chi connectivity index (χ4v) is 4.11. The molecule has 1 amide bonds. The van der Waals surface area contributed by atoms with E-state index in [0.717, 1.165) is 5.56 Å². The lowest BCUT2D eigenvalue weighted by Gasteiger charge is -2.24. The number of fused-ring (bicyclic) bond motifs is 1. The fourth-order valence-electron chi connectivity index (χ4n) is 3.31. The lowest BCUT2D eigenvalue weighted by molar-refractivity contribution is -0.384. The minimum Gasteiger partial charge on any atom is -0.310 e. The van der Waals surface area contributed by atoms with Crippen molar-refractivity contribution < 1.29 is 14.1 Å². The van der Waals surface area contributed by atoms with Gasteiger partial charge < -0.3 is 10.3 Å². The molecule has 0 bridgehead atoms. The van der Waals surface area contributed by atoms with Crippen LogP contribution in [0.15, 0.2) is 58.5 Å². The highest BCUT2D eigenvalue weighted by Gasteiger charge is 2.31. The second kappa shape index (κ2) is 8.07. The quantitative estimate of drug-likeness (QED) is 0.279. The summed E-state index contributed by atoms with van der Waals surface area (Å²) < 4.78 is 13.3. The maximum atomic E-state index is 13.3. The SMILES string of the molecule is O=C1CC(c2ccc([N+](=O)[O-])cc2)c2c(nc(SCc3cccc(F)c3)[nH]c2=O)N1. The van der Waals surface area contributed by atoms with Gasteiger partial charge in [-0.05, 0) is 23.3 Å². The molecule has 0 spiro atoms. The van der Waals surface area contributed by atoms with Gasteiger partial charge in [0.25, 0.3) is 11.2 Å². The molecule has 2 aromatic carbocycles. The Balaban J connectivity index is 1.64. The molecule has 0 saturated carbocycles. The molecule has 1 aliphatic heterocycles. The number of hydrogen-bond donors (Lipinski definition) is 2. The summed E-state index contributed by atoms with van der Waals surface area (Å²) in [5, 5.41) is 13.8. The number of amides is 1. The van der Waals surface area contributed by atoms with E-state index in [-0.39, 0.29) is 29.7 Å². The Morgan fingerprint density at radius 3 is 2.67 bits per heavy atom. The molecule has 4 rings (SSSR count). The third kappa shape index (κ3) is 4.08. The van der Waals surface area contributed by atoms with Gasteiger partial charge in [-0.3, -0.25) is 19.7 Å². The first-order valence-corrected chi connectivity index (χ1v) is 9.95. The second-order valence-electron chi connectivity index (χ2n) is 6.71. The van der Waals surface area contributed by atoms with Crippen molar-refractivity contribution in [3.8, 4) is 0 Å². The summed E-state index contributed by atoms with van der Waals surface area (Å²) in [5.74, 6) is -0.657. The highest BCUT2D eigenvalue weighted by molar-refractivity contribution is 7.98. The molecule has 1 aromatic heterocycles. The van der Waals surface area contributed by atoms with Gasteiger partial charge in [0.2, 0.25) is 5.91 Å². The molecule has 1 unspecified atom stereocenters. The van der Waals surface area contributed by atoms with Crippen molar-refractivity contribution in [2.45, 2.75) is 23.2 Å². The van der Waals surface area contributed by atoms with Crippen LogP contribution in [-0.2, 0) is 10.5 Å². The first-order valence-electron chi connectivity index (χ1n) is 8.96. The van der Waals surface area contributed by atoms with Gasteiger partial charge >= 0.3 is 0 Å². The lowest BCUT2D eigenvalue weighted by Crippen LogP contribution is -2.31. The molecule has 0 fully saturated rings. The summed E-state index contributed by atoms with van der Waals surface area (Å²) in [6.07, 6.45) is 0.0331. The van der Waals surface area contributed by atoms with Crippen molar-refractivity contribution in [2.24, 2.45) is 0 Å². The number of aromatic nitrogens is 2. The molecule has 8 nitrogen and oxygen atoms in total. The number of nitro groups is 1. The number of nitro benzene ring substituents is 1. The average Bonchev–Trinajstić information content (AvgIpc) is 2.71. The fraction of sp³-hybridized carbons (Fsp3) is 0.150. The van der Waals surface area contributed by atoms with Crippen LogP contribution in [0.2, 0.25) is 0 Å². The number of halogens is 1. The molecule has 152 valence electrons. The third-order valence-electron chi connectivity index (χ3n) is 4.70. The second-order valence-corrected chi connectivity index (χ2v) is 7.67. The monoisotopic (exact) mass is 426 g/mol. The van der Waals surface area contributed by atoms with E-state index in [1.54, 1.807) is 12.1 Å². The summed E-state index contributed by atoms with van der Waals surface area (Å²) >= 11 is 1.21. The van der Waals surface area contributed by atoms with Crippen LogP contribution in [0.5, 0.6) is 0 Å². The van der Waals surface area contributed by atoms with E-state index in [1.165, 1.54) is 48.2 Å². The number of anilines is 1. The first-order chi connectivity index (χ1) is 14.4. The summed E-state index contributed by atoms with van der Waals surface area (Å²) in [6, 6.07) is 11.9.